The van der Waals surface area contributed by atoms with Crippen LogP contribution in [-0.2, 0) is 0 Å². The molecular formula is C19H40. The fraction of sp³-hybridized carbons (Fsp3) is 1.00. The summed E-state index contributed by atoms with van der Waals surface area (Å²) in [6.07, 6.45) is 18.8. The zero-order valence-electron chi connectivity index (χ0n) is 14.3. The predicted molar refractivity (Wildman–Crippen MR) is 89.7 cm³/mol. The SMILES string of the molecule is CCCCCCCCCCCC(C)CCC(C)CC. The van der Waals surface area contributed by atoms with E-state index in [4.69, 9.17) is 0 Å². The van der Waals surface area contributed by atoms with Crippen LogP contribution in [0.2, 0.25) is 0 Å². The molecule has 0 heterocycles. The van der Waals surface area contributed by atoms with Crippen LogP contribution in [0.25, 0.3) is 0 Å². The predicted octanol–water partition coefficient (Wildman–Crippen LogP) is 7.37. The zero-order chi connectivity index (χ0) is 14.3. The summed E-state index contributed by atoms with van der Waals surface area (Å²) in [5, 5.41) is 0. The smallest absolute Gasteiger partial charge is 0.0443 e. The van der Waals surface area contributed by atoms with E-state index in [1.807, 2.05) is 0 Å². The molecule has 0 heteroatoms. The van der Waals surface area contributed by atoms with Crippen molar-refractivity contribution in [1.82, 2.24) is 0 Å². The van der Waals surface area contributed by atoms with Gasteiger partial charge in [-0.25, -0.2) is 0 Å². The van der Waals surface area contributed by atoms with E-state index in [9.17, 15) is 0 Å². The molecule has 0 bridgehead atoms. The van der Waals surface area contributed by atoms with E-state index in [1.54, 1.807) is 0 Å². The molecule has 0 aliphatic heterocycles. The third-order valence-corrected chi connectivity index (χ3v) is 4.65. The molecule has 19 heavy (non-hydrogen) atoms. The van der Waals surface area contributed by atoms with Gasteiger partial charge in [-0.3, -0.25) is 0 Å². The molecule has 0 aromatic carbocycles. The minimum Gasteiger partial charge on any atom is -0.0654 e. The number of hydrogen-bond acceptors (Lipinski definition) is 0. The zero-order valence-corrected chi connectivity index (χ0v) is 14.3. The van der Waals surface area contributed by atoms with Gasteiger partial charge in [0.2, 0.25) is 0 Å². The molecular weight excluding hydrogens is 228 g/mol. The average molecular weight is 269 g/mol. The Hall–Kier alpha value is 0. The van der Waals surface area contributed by atoms with Crippen LogP contribution < -0.4 is 0 Å². The van der Waals surface area contributed by atoms with Crippen molar-refractivity contribution in [2.24, 2.45) is 11.8 Å². The standard InChI is InChI=1S/C19H40/c1-5-7-8-9-10-11-12-13-14-15-19(4)17-16-18(3)6-2/h18-19H,5-17H2,1-4H3. The van der Waals surface area contributed by atoms with E-state index in [1.165, 1.54) is 83.5 Å². The number of unbranched alkanes of at least 4 members (excludes halogenated alkanes) is 8. The molecule has 0 saturated heterocycles. The molecule has 0 fully saturated rings. The van der Waals surface area contributed by atoms with E-state index < -0.39 is 0 Å². The molecule has 0 aliphatic carbocycles. The Morgan fingerprint density at radius 3 is 1.53 bits per heavy atom. The second-order valence-electron chi connectivity index (χ2n) is 6.81. The summed E-state index contributed by atoms with van der Waals surface area (Å²) in [5.74, 6) is 1.89. The summed E-state index contributed by atoms with van der Waals surface area (Å²) >= 11 is 0. The largest absolute Gasteiger partial charge is 0.0654 e. The van der Waals surface area contributed by atoms with E-state index >= 15 is 0 Å². The molecule has 0 radical (unpaired) electrons. The van der Waals surface area contributed by atoms with Crippen molar-refractivity contribution in [1.29, 1.82) is 0 Å². The van der Waals surface area contributed by atoms with Gasteiger partial charge in [0, 0.05) is 0 Å². The molecule has 0 amide bonds. The first kappa shape index (κ1) is 19.0. The van der Waals surface area contributed by atoms with Gasteiger partial charge in [0.1, 0.15) is 0 Å². The lowest BCUT2D eigenvalue weighted by Crippen LogP contribution is -1.99. The fourth-order valence-corrected chi connectivity index (χ4v) is 2.72. The molecule has 0 spiro atoms. The molecule has 2 atom stereocenters. The molecule has 116 valence electrons. The van der Waals surface area contributed by atoms with Crippen molar-refractivity contribution in [2.45, 2.75) is 111 Å². The highest BCUT2D eigenvalue weighted by Crippen LogP contribution is 2.20. The van der Waals surface area contributed by atoms with E-state index in [-0.39, 0.29) is 0 Å². The monoisotopic (exact) mass is 268 g/mol. The van der Waals surface area contributed by atoms with Crippen LogP contribution in [0, 0.1) is 11.8 Å². The first-order chi connectivity index (χ1) is 9.20. The van der Waals surface area contributed by atoms with Crippen LogP contribution in [0.15, 0.2) is 0 Å². The molecule has 0 rings (SSSR count). The van der Waals surface area contributed by atoms with E-state index in [0.717, 1.165) is 11.8 Å². The van der Waals surface area contributed by atoms with Crippen molar-refractivity contribution in [2.75, 3.05) is 0 Å². The van der Waals surface area contributed by atoms with Crippen molar-refractivity contribution in [3.05, 3.63) is 0 Å². The van der Waals surface area contributed by atoms with Crippen molar-refractivity contribution >= 4 is 0 Å². The maximum atomic E-state index is 2.45. The van der Waals surface area contributed by atoms with Crippen molar-refractivity contribution in [3.8, 4) is 0 Å². The summed E-state index contributed by atoms with van der Waals surface area (Å²) in [6.45, 7) is 9.46. The van der Waals surface area contributed by atoms with Gasteiger partial charge in [-0.1, -0.05) is 111 Å². The van der Waals surface area contributed by atoms with Crippen LogP contribution in [0.5, 0.6) is 0 Å². The number of rotatable bonds is 14. The van der Waals surface area contributed by atoms with Gasteiger partial charge < -0.3 is 0 Å². The van der Waals surface area contributed by atoms with Gasteiger partial charge in [-0.15, -0.1) is 0 Å². The lowest BCUT2D eigenvalue weighted by molar-refractivity contribution is 0.392. The third kappa shape index (κ3) is 14.2. The Bertz CT molecular complexity index is 161. The van der Waals surface area contributed by atoms with Gasteiger partial charge >= 0.3 is 0 Å². The lowest BCUT2D eigenvalue weighted by Gasteiger charge is -2.14. The van der Waals surface area contributed by atoms with Crippen LogP contribution >= 0.6 is 0 Å². The van der Waals surface area contributed by atoms with Crippen molar-refractivity contribution < 1.29 is 0 Å². The van der Waals surface area contributed by atoms with Crippen LogP contribution in [0.4, 0.5) is 0 Å². The first-order valence-corrected chi connectivity index (χ1v) is 9.20. The van der Waals surface area contributed by atoms with Crippen LogP contribution in [-0.4, -0.2) is 0 Å². The second-order valence-corrected chi connectivity index (χ2v) is 6.81. The molecule has 2 unspecified atom stereocenters. The summed E-state index contributed by atoms with van der Waals surface area (Å²) in [6, 6.07) is 0. The van der Waals surface area contributed by atoms with Crippen LogP contribution in [0.1, 0.15) is 111 Å². The highest BCUT2D eigenvalue weighted by molar-refractivity contribution is 4.58. The van der Waals surface area contributed by atoms with Crippen molar-refractivity contribution in [3.63, 3.8) is 0 Å². The minimum atomic E-state index is 0.936. The summed E-state index contributed by atoms with van der Waals surface area (Å²) < 4.78 is 0. The molecule has 0 aromatic rings. The van der Waals surface area contributed by atoms with E-state index in [2.05, 4.69) is 27.7 Å². The molecule has 0 N–H and O–H groups in total. The topological polar surface area (TPSA) is 0 Å². The fourth-order valence-electron chi connectivity index (χ4n) is 2.72. The third-order valence-electron chi connectivity index (χ3n) is 4.65. The van der Waals surface area contributed by atoms with Gasteiger partial charge in [0.25, 0.3) is 0 Å². The molecule has 0 saturated carbocycles. The normalized spacial score (nSPS) is 14.5. The van der Waals surface area contributed by atoms with Gasteiger partial charge in [0.05, 0.1) is 0 Å². The molecule has 0 aliphatic rings. The van der Waals surface area contributed by atoms with Crippen LogP contribution in [0.3, 0.4) is 0 Å². The Balaban J connectivity index is 3.16. The molecule has 0 aromatic heterocycles. The highest BCUT2D eigenvalue weighted by atomic mass is 14.1. The number of hydrogen-bond donors (Lipinski definition) is 0. The minimum absolute atomic E-state index is 0.936. The van der Waals surface area contributed by atoms with E-state index in [0.29, 0.717) is 0 Å². The Morgan fingerprint density at radius 1 is 0.526 bits per heavy atom. The van der Waals surface area contributed by atoms with Gasteiger partial charge in [0.15, 0.2) is 0 Å². The molecule has 0 nitrogen and oxygen atoms in total. The highest BCUT2D eigenvalue weighted by Gasteiger charge is 2.05. The first-order valence-electron chi connectivity index (χ1n) is 9.20. The van der Waals surface area contributed by atoms with Gasteiger partial charge in [-0.05, 0) is 11.8 Å². The lowest BCUT2D eigenvalue weighted by atomic mass is 9.92. The Kier molecular flexibility index (Phi) is 14.4. The summed E-state index contributed by atoms with van der Waals surface area (Å²) in [5.41, 5.74) is 0. The quantitative estimate of drug-likeness (QED) is 0.288. The maximum Gasteiger partial charge on any atom is -0.0443 e. The summed E-state index contributed by atoms with van der Waals surface area (Å²) in [7, 11) is 0. The average Bonchev–Trinajstić information content (AvgIpc) is 2.42. The van der Waals surface area contributed by atoms with Gasteiger partial charge in [-0.2, -0.15) is 0 Å². The second kappa shape index (κ2) is 14.4. The Morgan fingerprint density at radius 2 is 1.00 bits per heavy atom. The summed E-state index contributed by atoms with van der Waals surface area (Å²) in [4.78, 5) is 0. The maximum absolute atomic E-state index is 2.45. The Labute approximate surface area is 123 Å².